The first-order chi connectivity index (χ1) is 15.8. The van der Waals surface area contributed by atoms with E-state index in [0.29, 0.717) is 5.54 Å². The Labute approximate surface area is 194 Å². The van der Waals surface area contributed by atoms with Crippen LogP contribution in [0, 0.1) is 34.8 Å². The lowest BCUT2D eigenvalue weighted by Crippen LogP contribution is -2.52. The lowest BCUT2D eigenvalue weighted by Gasteiger charge is -2.34. The molecule has 0 spiro atoms. The smallest absolute Gasteiger partial charge is 0.104 e. The molecular weight excluding hydrogens is 400 g/mol. The van der Waals surface area contributed by atoms with Gasteiger partial charge in [-0.2, -0.15) is 0 Å². The van der Waals surface area contributed by atoms with E-state index in [1.807, 2.05) is 19.1 Å². The van der Waals surface area contributed by atoms with Gasteiger partial charge in [-0.25, -0.2) is 0 Å². The average molecular weight is 429 g/mol. The zero-order valence-electron chi connectivity index (χ0n) is 18.7. The first kappa shape index (κ1) is 21.8. The van der Waals surface area contributed by atoms with E-state index in [-0.39, 0.29) is 0 Å². The minimum Gasteiger partial charge on any atom is -0.104 e. The maximum atomic E-state index is 3.85. The highest BCUT2D eigenvalue weighted by molar-refractivity contribution is 7.05. The van der Waals surface area contributed by atoms with Crippen LogP contribution >= 0.6 is 0 Å². The fraction of sp³-hybridized carbons (Fsp3) is 0.226. The van der Waals surface area contributed by atoms with Gasteiger partial charge >= 0.3 is 0 Å². The summed E-state index contributed by atoms with van der Waals surface area (Å²) in [6.07, 6.45) is 6.25. The Hall–Kier alpha value is -3.44. The standard InChI is InChI=1S/C31H28Si/c1-2-14-29-19-12-13-22-31(29)32(30-20-10-5-11-21-30,25-23-27-15-6-3-7-16-27)26-24-28-17-8-4-9-18-28/h3-4,6-9,12-13,15-19,22,30H,5,10-11,20-21H2,1H3. The molecule has 0 aromatic heterocycles. The van der Waals surface area contributed by atoms with Crippen LogP contribution in [0.15, 0.2) is 84.9 Å². The third-order valence-electron chi connectivity index (χ3n) is 6.18. The molecule has 1 aliphatic carbocycles. The predicted molar refractivity (Wildman–Crippen MR) is 138 cm³/mol. The quantitative estimate of drug-likeness (QED) is 0.335. The first-order valence-corrected chi connectivity index (χ1v) is 13.6. The van der Waals surface area contributed by atoms with Crippen molar-refractivity contribution >= 4 is 13.3 Å². The van der Waals surface area contributed by atoms with Gasteiger partial charge in [-0.15, -0.1) is 17.0 Å². The highest BCUT2D eigenvalue weighted by atomic mass is 28.3. The van der Waals surface area contributed by atoms with Crippen LogP contribution in [-0.2, 0) is 0 Å². The van der Waals surface area contributed by atoms with E-state index in [1.54, 1.807) is 0 Å². The fourth-order valence-corrected chi connectivity index (χ4v) is 8.65. The number of benzene rings is 3. The molecule has 1 saturated carbocycles. The highest BCUT2D eigenvalue weighted by Crippen LogP contribution is 2.37. The van der Waals surface area contributed by atoms with E-state index in [9.17, 15) is 0 Å². The summed E-state index contributed by atoms with van der Waals surface area (Å²) in [6, 6.07) is 29.3. The lowest BCUT2D eigenvalue weighted by atomic mass is 10.0. The van der Waals surface area contributed by atoms with Crippen LogP contribution < -0.4 is 5.19 Å². The van der Waals surface area contributed by atoms with Crippen molar-refractivity contribution in [3.05, 3.63) is 102 Å². The Morgan fingerprint density at radius 3 is 1.72 bits per heavy atom. The fourth-order valence-electron chi connectivity index (χ4n) is 4.58. The van der Waals surface area contributed by atoms with Crippen molar-refractivity contribution in [2.45, 2.75) is 44.6 Å². The van der Waals surface area contributed by atoms with Crippen LogP contribution in [0.4, 0.5) is 0 Å². The Bertz CT molecular complexity index is 1160. The number of hydrogen-bond acceptors (Lipinski definition) is 0. The highest BCUT2D eigenvalue weighted by Gasteiger charge is 2.43. The van der Waals surface area contributed by atoms with E-state index in [2.05, 4.69) is 108 Å². The lowest BCUT2D eigenvalue weighted by molar-refractivity contribution is 0.497. The van der Waals surface area contributed by atoms with E-state index < -0.39 is 8.07 Å². The normalized spacial score (nSPS) is 13.5. The van der Waals surface area contributed by atoms with E-state index in [1.165, 1.54) is 37.3 Å². The molecule has 156 valence electrons. The Kier molecular flexibility index (Phi) is 7.30. The molecule has 0 amide bonds. The largest absolute Gasteiger partial charge is 0.251 e. The molecule has 0 heterocycles. The van der Waals surface area contributed by atoms with E-state index >= 15 is 0 Å². The summed E-state index contributed by atoms with van der Waals surface area (Å²) in [5.74, 6) is 13.6. The molecule has 0 atom stereocenters. The molecule has 4 rings (SSSR count). The van der Waals surface area contributed by atoms with Crippen molar-refractivity contribution in [2.24, 2.45) is 0 Å². The maximum Gasteiger partial charge on any atom is 0.251 e. The summed E-state index contributed by atoms with van der Waals surface area (Å²) in [5, 5.41) is 1.29. The van der Waals surface area contributed by atoms with Crippen LogP contribution in [-0.4, -0.2) is 8.07 Å². The molecule has 32 heavy (non-hydrogen) atoms. The van der Waals surface area contributed by atoms with Crippen LogP contribution in [0.1, 0.15) is 55.7 Å². The molecule has 3 aromatic rings. The van der Waals surface area contributed by atoms with Gasteiger partial charge in [0.15, 0.2) is 0 Å². The van der Waals surface area contributed by atoms with Gasteiger partial charge in [0, 0.05) is 16.7 Å². The van der Waals surface area contributed by atoms with Crippen molar-refractivity contribution in [2.75, 3.05) is 0 Å². The Morgan fingerprint density at radius 2 is 1.16 bits per heavy atom. The van der Waals surface area contributed by atoms with Gasteiger partial charge in [0.2, 0.25) is 0 Å². The summed E-state index contributed by atoms with van der Waals surface area (Å²) in [7, 11) is -2.54. The molecule has 1 fully saturated rings. The Morgan fingerprint density at radius 1 is 0.625 bits per heavy atom. The molecule has 0 radical (unpaired) electrons. The van der Waals surface area contributed by atoms with Gasteiger partial charge in [0.05, 0.1) is 0 Å². The number of rotatable bonds is 2. The van der Waals surface area contributed by atoms with E-state index in [4.69, 9.17) is 0 Å². The molecular formula is C31H28Si. The molecule has 3 aromatic carbocycles. The molecule has 0 aliphatic heterocycles. The summed E-state index contributed by atoms with van der Waals surface area (Å²) in [6.45, 7) is 1.91. The number of hydrogen-bond donors (Lipinski definition) is 0. The third kappa shape index (κ3) is 5.06. The molecule has 0 nitrogen and oxygen atoms in total. The van der Waals surface area contributed by atoms with Gasteiger partial charge in [0.25, 0.3) is 8.07 Å². The molecule has 0 N–H and O–H groups in total. The average Bonchev–Trinajstić information content (AvgIpc) is 2.87. The summed E-state index contributed by atoms with van der Waals surface area (Å²) in [4.78, 5) is 0. The first-order valence-electron chi connectivity index (χ1n) is 11.5. The Balaban J connectivity index is 1.96. The molecule has 0 saturated heterocycles. The van der Waals surface area contributed by atoms with Gasteiger partial charge in [0.1, 0.15) is 0 Å². The summed E-state index contributed by atoms with van der Waals surface area (Å²) in [5.41, 5.74) is 11.4. The zero-order chi connectivity index (χ0) is 22.1. The second-order valence-corrected chi connectivity index (χ2v) is 11.8. The van der Waals surface area contributed by atoms with Gasteiger partial charge in [-0.1, -0.05) is 104 Å². The van der Waals surface area contributed by atoms with Crippen molar-refractivity contribution in [3.8, 4) is 34.8 Å². The van der Waals surface area contributed by atoms with Crippen molar-refractivity contribution in [1.29, 1.82) is 0 Å². The van der Waals surface area contributed by atoms with Crippen LogP contribution in [0.3, 0.4) is 0 Å². The van der Waals surface area contributed by atoms with Crippen LogP contribution in [0.5, 0.6) is 0 Å². The van der Waals surface area contributed by atoms with Crippen LogP contribution in [0.25, 0.3) is 0 Å². The zero-order valence-corrected chi connectivity index (χ0v) is 19.7. The van der Waals surface area contributed by atoms with Crippen molar-refractivity contribution in [1.82, 2.24) is 0 Å². The van der Waals surface area contributed by atoms with Gasteiger partial charge in [-0.3, -0.25) is 0 Å². The van der Waals surface area contributed by atoms with Gasteiger partial charge in [-0.05, 0) is 48.0 Å². The summed E-state index contributed by atoms with van der Waals surface area (Å²) >= 11 is 0. The second-order valence-electron chi connectivity index (χ2n) is 8.30. The third-order valence-corrected chi connectivity index (χ3v) is 10.3. The molecule has 1 aliphatic rings. The predicted octanol–water partition coefficient (Wildman–Crippen LogP) is 6.23. The topological polar surface area (TPSA) is 0 Å². The van der Waals surface area contributed by atoms with Gasteiger partial charge < -0.3 is 0 Å². The second kappa shape index (κ2) is 10.7. The van der Waals surface area contributed by atoms with Crippen LogP contribution in [0.2, 0.25) is 5.54 Å². The maximum absolute atomic E-state index is 3.85. The minimum atomic E-state index is -2.54. The monoisotopic (exact) mass is 428 g/mol. The SMILES string of the molecule is CC#Cc1ccccc1[Si](C#Cc1ccccc1)(C#Cc1ccccc1)C1CCCCC1. The minimum absolute atomic E-state index is 0.517. The molecule has 1 heteroatoms. The molecule has 0 unspecified atom stereocenters. The van der Waals surface area contributed by atoms with Crippen molar-refractivity contribution in [3.63, 3.8) is 0 Å². The van der Waals surface area contributed by atoms with E-state index in [0.717, 1.165) is 16.7 Å². The van der Waals surface area contributed by atoms with Crippen molar-refractivity contribution < 1.29 is 0 Å². The molecule has 0 bridgehead atoms. The summed E-state index contributed by atoms with van der Waals surface area (Å²) < 4.78 is 0.